The molecule has 0 aliphatic carbocycles. The molecule has 1 heterocycles. The molecule has 136 valence electrons. The number of benzene rings is 1. The van der Waals surface area contributed by atoms with Crippen LogP contribution in [0.25, 0.3) is 0 Å². The molecular weight excluding hydrogens is 363 g/mol. The minimum Gasteiger partial charge on any atom is -0.360 e. The van der Waals surface area contributed by atoms with Crippen LogP contribution in [-0.2, 0) is 21.0 Å². The van der Waals surface area contributed by atoms with Crippen molar-refractivity contribution in [3.05, 3.63) is 41.7 Å². The Kier molecular flexibility index (Phi) is 5.07. The number of alkyl halides is 3. The summed E-state index contributed by atoms with van der Waals surface area (Å²) in [5.41, 5.74) is -1.30. The molecule has 0 bridgehead atoms. The predicted octanol–water partition coefficient (Wildman–Crippen LogP) is 2.41. The molecule has 7 nitrogen and oxygen atoms in total. The summed E-state index contributed by atoms with van der Waals surface area (Å²) < 4.78 is 67.6. The van der Waals surface area contributed by atoms with E-state index in [4.69, 9.17) is 4.52 Å². The highest BCUT2D eigenvalue weighted by atomic mass is 32.2. The standard InChI is InChI=1S/C14H14F3N3O4S/c1-9-6-12(19-24-9)18-13(21)8-20(25(2,22)23)11-5-3-4-10(7-11)14(15,16)17/h3-7H,8H2,1-2H3,(H,18,19,21). The normalized spacial score (nSPS) is 12.0. The van der Waals surface area contributed by atoms with E-state index in [9.17, 15) is 26.4 Å². The molecule has 25 heavy (non-hydrogen) atoms. The Hall–Kier alpha value is -2.56. The molecule has 1 amide bonds. The lowest BCUT2D eigenvalue weighted by Gasteiger charge is -2.22. The number of rotatable bonds is 5. The van der Waals surface area contributed by atoms with Gasteiger partial charge in [0.25, 0.3) is 0 Å². The van der Waals surface area contributed by atoms with Crippen LogP contribution in [0.4, 0.5) is 24.7 Å². The van der Waals surface area contributed by atoms with Crippen LogP contribution in [0.15, 0.2) is 34.9 Å². The van der Waals surface area contributed by atoms with E-state index in [-0.39, 0.29) is 11.5 Å². The third-order valence-corrected chi connectivity index (χ3v) is 4.19. The monoisotopic (exact) mass is 377 g/mol. The van der Waals surface area contributed by atoms with Gasteiger partial charge < -0.3 is 9.84 Å². The number of carbonyl (C=O) groups excluding carboxylic acids is 1. The van der Waals surface area contributed by atoms with E-state index >= 15 is 0 Å². The van der Waals surface area contributed by atoms with Crippen molar-refractivity contribution in [1.29, 1.82) is 0 Å². The van der Waals surface area contributed by atoms with Crippen molar-refractivity contribution < 1.29 is 30.9 Å². The van der Waals surface area contributed by atoms with E-state index in [1.165, 1.54) is 12.1 Å². The third kappa shape index (κ3) is 4.95. The maximum atomic E-state index is 12.8. The van der Waals surface area contributed by atoms with Gasteiger partial charge in [0.05, 0.1) is 17.5 Å². The van der Waals surface area contributed by atoms with Crippen molar-refractivity contribution >= 4 is 27.4 Å². The van der Waals surface area contributed by atoms with Crippen molar-refractivity contribution in [2.45, 2.75) is 13.1 Å². The summed E-state index contributed by atoms with van der Waals surface area (Å²) in [6.45, 7) is 0.875. The van der Waals surface area contributed by atoms with Gasteiger partial charge in [-0.05, 0) is 25.1 Å². The largest absolute Gasteiger partial charge is 0.416 e. The zero-order valence-corrected chi connectivity index (χ0v) is 14.0. The van der Waals surface area contributed by atoms with E-state index in [0.717, 1.165) is 18.4 Å². The lowest BCUT2D eigenvalue weighted by atomic mass is 10.2. The van der Waals surface area contributed by atoms with Gasteiger partial charge in [-0.2, -0.15) is 13.2 Å². The highest BCUT2D eigenvalue weighted by Gasteiger charge is 2.32. The van der Waals surface area contributed by atoms with E-state index in [1.807, 2.05) is 0 Å². The van der Waals surface area contributed by atoms with Gasteiger partial charge in [0.2, 0.25) is 15.9 Å². The summed E-state index contributed by atoms with van der Waals surface area (Å²) in [6, 6.07) is 5.11. The molecule has 0 spiro atoms. The van der Waals surface area contributed by atoms with Gasteiger partial charge in [-0.15, -0.1) is 0 Å². The number of amides is 1. The molecule has 0 atom stereocenters. The Labute approximate surface area is 141 Å². The molecule has 0 radical (unpaired) electrons. The molecule has 0 unspecified atom stereocenters. The summed E-state index contributed by atoms with van der Waals surface area (Å²) in [6.07, 6.45) is -3.85. The van der Waals surface area contributed by atoms with Crippen LogP contribution in [0.3, 0.4) is 0 Å². The fourth-order valence-corrected chi connectivity index (χ4v) is 2.82. The zero-order chi connectivity index (χ0) is 18.8. The van der Waals surface area contributed by atoms with Gasteiger partial charge in [-0.1, -0.05) is 11.2 Å². The fourth-order valence-electron chi connectivity index (χ4n) is 1.98. The lowest BCUT2D eigenvalue weighted by molar-refractivity contribution is -0.137. The summed E-state index contributed by atoms with van der Waals surface area (Å²) in [4.78, 5) is 12.0. The van der Waals surface area contributed by atoms with E-state index < -0.39 is 34.2 Å². The number of sulfonamides is 1. The third-order valence-electron chi connectivity index (χ3n) is 3.04. The molecule has 0 saturated carbocycles. The number of anilines is 2. The molecule has 1 N–H and O–H groups in total. The number of halogens is 3. The number of nitrogens with one attached hydrogen (secondary N) is 1. The van der Waals surface area contributed by atoms with Crippen LogP contribution in [0.5, 0.6) is 0 Å². The predicted molar refractivity (Wildman–Crippen MR) is 83.5 cm³/mol. The van der Waals surface area contributed by atoms with Crippen molar-refractivity contribution in [3.8, 4) is 0 Å². The summed E-state index contributed by atoms with van der Waals surface area (Å²) in [5.74, 6) is -0.288. The summed E-state index contributed by atoms with van der Waals surface area (Å²) >= 11 is 0. The SMILES string of the molecule is Cc1cc(NC(=O)CN(c2cccc(C(F)(F)F)c2)S(C)(=O)=O)no1. The highest BCUT2D eigenvalue weighted by Crippen LogP contribution is 2.32. The van der Waals surface area contributed by atoms with Crippen LogP contribution in [0, 0.1) is 6.92 Å². The Balaban J connectivity index is 2.27. The van der Waals surface area contributed by atoms with Gasteiger partial charge >= 0.3 is 6.18 Å². The van der Waals surface area contributed by atoms with Gasteiger partial charge in [-0.3, -0.25) is 9.10 Å². The first kappa shape index (κ1) is 18.8. The Morgan fingerprint density at radius 1 is 1.32 bits per heavy atom. The average molecular weight is 377 g/mol. The van der Waals surface area contributed by atoms with Crippen molar-refractivity contribution in [1.82, 2.24) is 5.16 Å². The topological polar surface area (TPSA) is 92.5 Å². The van der Waals surface area contributed by atoms with Gasteiger partial charge in [0.1, 0.15) is 12.3 Å². The van der Waals surface area contributed by atoms with Gasteiger partial charge in [-0.25, -0.2) is 8.42 Å². The second-order valence-corrected chi connectivity index (χ2v) is 7.10. The summed E-state index contributed by atoms with van der Waals surface area (Å²) in [5, 5.41) is 5.83. The first-order valence-electron chi connectivity index (χ1n) is 6.85. The second-order valence-electron chi connectivity index (χ2n) is 5.19. The molecule has 2 rings (SSSR count). The number of aryl methyl sites for hydroxylation is 1. The summed E-state index contributed by atoms with van der Waals surface area (Å²) in [7, 11) is -4.00. The molecule has 1 aromatic heterocycles. The fraction of sp³-hybridized carbons (Fsp3) is 0.286. The molecule has 1 aromatic carbocycles. The van der Waals surface area contributed by atoms with E-state index in [0.29, 0.717) is 16.1 Å². The smallest absolute Gasteiger partial charge is 0.360 e. The van der Waals surface area contributed by atoms with Gasteiger partial charge in [0, 0.05) is 6.07 Å². The first-order chi connectivity index (χ1) is 11.5. The maximum Gasteiger partial charge on any atom is 0.416 e. The van der Waals surface area contributed by atoms with Crippen LogP contribution in [0.1, 0.15) is 11.3 Å². The molecule has 0 aliphatic heterocycles. The molecule has 11 heteroatoms. The van der Waals surface area contributed by atoms with Crippen LogP contribution in [-0.4, -0.2) is 32.3 Å². The maximum absolute atomic E-state index is 12.8. The zero-order valence-electron chi connectivity index (χ0n) is 13.2. The van der Waals surface area contributed by atoms with E-state index in [2.05, 4.69) is 10.5 Å². The Bertz CT molecular complexity index is 877. The first-order valence-corrected chi connectivity index (χ1v) is 8.70. The molecule has 0 aliphatic rings. The Morgan fingerprint density at radius 2 is 2.00 bits per heavy atom. The number of nitrogens with zero attached hydrogens (tertiary/aromatic N) is 2. The number of hydrogen-bond acceptors (Lipinski definition) is 5. The highest BCUT2D eigenvalue weighted by molar-refractivity contribution is 7.92. The number of hydrogen-bond donors (Lipinski definition) is 1. The molecule has 2 aromatic rings. The average Bonchev–Trinajstić information content (AvgIpc) is 2.88. The van der Waals surface area contributed by atoms with Crippen molar-refractivity contribution in [3.63, 3.8) is 0 Å². The molecule has 0 saturated heterocycles. The van der Waals surface area contributed by atoms with Gasteiger partial charge in [0.15, 0.2) is 5.82 Å². The molecule has 0 fully saturated rings. The minimum atomic E-state index is -4.64. The van der Waals surface area contributed by atoms with E-state index in [1.54, 1.807) is 6.92 Å². The Morgan fingerprint density at radius 3 is 2.52 bits per heavy atom. The van der Waals surface area contributed by atoms with Crippen molar-refractivity contribution in [2.75, 3.05) is 22.4 Å². The lowest BCUT2D eigenvalue weighted by Crippen LogP contribution is -2.37. The van der Waals surface area contributed by atoms with Crippen LogP contribution in [0.2, 0.25) is 0 Å². The number of carbonyl (C=O) groups is 1. The molecular formula is C14H14F3N3O4S. The van der Waals surface area contributed by atoms with Crippen molar-refractivity contribution in [2.24, 2.45) is 0 Å². The quantitative estimate of drug-likeness (QED) is 0.864. The van der Waals surface area contributed by atoms with Crippen LogP contribution < -0.4 is 9.62 Å². The minimum absolute atomic E-state index is 0.0694. The van der Waals surface area contributed by atoms with Crippen LogP contribution >= 0.6 is 0 Å². The number of aromatic nitrogens is 1. The second kappa shape index (κ2) is 6.75.